The molecule has 0 radical (unpaired) electrons. The van der Waals surface area contributed by atoms with Crippen LogP contribution in [0.15, 0.2) is 41.5 Å². The van der Waals surface area contributed by atoms with Crippen LogP contribution < -0.4 is 5.32 Å². The summed E-state index contributed by atoms with van der Waals surface area (Å²) in [5, 5.41) is 13.5. The summed E-state index contributed by atoms with van der Waals surface area (Å²) in [7, 11) is 0. The quantitative estimate of drug-likeness (QED) is 0.587. The predicted octanol–water partition coefficient (Wildman–Crippen LogP) is 2.70. The molecule has 2 unspecified atom stereocenters. The third kappa shape index (κ3) is 5.00. The van der Waals surface area contributed by atoms with Gasteiger partial charge in [0.15, 0.2) is 5.78 Å². The number of nitrogens with one attached hydrogen (secondary N) is 1. The molecule has 0 saturated heterocycles. The van der Waals surface area contributed by atoms with Gasteiger partial charge in [0.05, 0.1) is 6.10 Å². The Labute approximate surface area is 149 Å². The molecule has 5 nitrogen and oxygen atoms in total. The van der Waals surface area contributed by atoms with Gasteiger partial charge in [0.2, 0.25) is 0 Å². The summed E-state index contributed by atoms with van der Waals surface area (Å²) in [6, 6.07) is 9.17. The van der Waals surface area contributed by atoms with Gasteiger partial charge < -0.3 is 15.2 Å². The molecule has 0 aliphatic carbocycles. The molecular formula is C20H27NO4. The average molecular weight is 345 g/mol. The molecule has 0 saturated carbocycles. The van der Waals surface area contributed by atoms with E-state index in [4.69, 9.17) is 4.74 Å². The monoisotopic (exact) mass is 345 g/mol. The Hall–Kier alpha value is -1.98. The molecule has 5 heteroatoms. The first kappa shape index (κ1) is 19.3. The number of cyclic esters (lactones) is 1. The number of aliphatic hydroxyl groups excluding tert-OH is 1. The van der Waals surface area contributed by atoms with Gasteiger partial charge in [-0.1, -0.05) is 35.9 Å². The maximum Gasteiger partial charge on any atom is 0.342 e. The van der Waals surface area contributed by atoms with Crippen molar-refractivity contribution < 1.29 is 19.4 Å². The van der Waals surface area contributed by atoms with Crippen LogP contribution in [0.1, 0.15) is 52.2 Å². The van der Waals surface area contributed by atoms with Gasteiger partial charge in [-0.15, -0.1) is 0 Å². The standard InChI is InChI=1S/C20H27NO4/c1-13-12-20(3,4)25-19(24)17(13)16(22)10-11-21-14(2)18(23)15-8-6-5-7-9-15/h5-9,14,18,21,23H,10-12H2,1-4H3. The fourth-order valence-electron chi connectivity index (χ4n) is 3.18. The number of carbonyl (C=O) groups excluding carboxylic acids is 2. The lowest BCUT2D eigenvalue weighted by Gasteiger charge is -2.31. The van der Waals surface area contributed by atoms with Gasteiger partial charge in [0, 0.05) is 25.4 Å². The van der Waals surface area contributed by atoms with Crippen LogP contribution in [0.3, 0.4) is 0 Å². The predicted molar refractivity (Wildman–Crippen MR) is 96.0 cm³/mol. The van der Waals surface area contributed by atoms with Gasteiger partial charge in [-0.3, -0.25) is 4.79 Å². The average Bonchev–Trinajstić information content (AvgIpc) is 2.53. The van der Waals surface area contributed by atoms with Crippen molar-refractivity contribution in [2.45, 2.75) is 58.3 Å². The van der Waals surface area contributed by atoms with Gasteiger partial charge in [-0.2, -0.15) is 0 Å². The van der Waals surface area contributed by atoms with Crippen LogP contribution in [0.25, 0.3) is 0 Å². The lowest BCUT2D eigenvalue weighted by molar-refractivity contribution is -0.154. The second-order valence-electron chi connectivity index (χ2n) is 7.25. The summed E-state index contributed by atoms with van der Waals surface area (Å²) in [5.74, 6) is -0.747. The fourth-order valence-corrected chi connectivity index (χ4v) is 3.18. The van der Waals surface area contributed by atoms with Gasteiger partial charge >= 0.3 is 5.97 Å². The molecule has 2 N–H and O–H groups in total. The molecule has 0 aromatic heterocycles. The van der Waals surface area contributed by atoms with Crippen molar-refractivity contribution >= 4 is 11.8 Å². The Balaban J connectivity index is 1.89. The highest BCUT2D eigenvalue weighted by atomic mass is 16.6. The minimum Gasteiger partial charge on any atom is -0.456 e. The first-order valence-electron chi connectivity index (χ1n) is 8.64. The van der Waals surface area contributed by atoms with Gasteiger partial charge in [-0.25, -0.2) is 4.79 Å². The molecule has 1 heterocycles. The highest BCUT2D eigenvalue weighted by Gasteiger charge is 2.35. The number of hydrogen-bond acceptors (Lipinski definition) is 5. The Kier molecular flexibility index (Phi) is 6.14. The first-order chi connectivity index (χ1) is 11.7. The minimum atomic E-state index is -0.655. The number of benzene rings is 1. The highest BCUT2D eigenvalue weighted by molar-refractivity contribution is 6.18. The van der Waals surface area contributed by atoms with Gasteiger partial charge in [0.1, 0.15) is 11.2 Å². The Morgan fingerprint density at radius 3 is 2.56 bits per heavy atom. The van der Waals surface area contributed by atoms with Crippen LogP contribution in [0.4, 0.5) is 0 Å². The normalized spacial score (nSPS) is 19.3. The van der Waals surface area contributed by atoms with Crippen molar-refractivity contribution in [1.29, 1.82) is 0 Å². The maximum atomic E-state index is 12.4. The van der Waals surface area contributed by atoms with E-state index in [1.807, 2.05) is 58.0 Å². The molecular weight excluding hydrogens is 318 g/mol. The second kappa shape index (κ2) is 7.93. The molecule has 0 fully saturated rings. The van der Waals surface area contributed by atoms with Crippen LogP contribution in [0.5, 0.6) is 0 Å². The number of Topliss-reactive ketones (excluding diaryl/α,β-unsaturated/α-hetero) is 1. The van der Waals surface area contributed by atoms with E-state index < -0.39 is 17.7 Å². The molecule has 25 heavy (non-hydrogen) atoms. The molecule has 0 bridgehead atoms. The zero-order chi connectivity index (χ0) is 18.6. The Bertz CT molecular complexity index is 664. The van der Waals surface area contributed by atoms with Crippen molar-refractivity contribution in [2.75, 3.05) is 6.54 Å². The topological polar surface area (TPSA) is 75.6 Å². The number of esters is 1. The van der Waals surface area contributed by atoms with Crippen molar-refractivity contribution in [3.63, 3.8) is 0 Å². The Morgan fingerprint density at radius 2 is 1.96 bits per heavy atom. The number of rotatable bonds is 7. The molecule has 1 aromatic carbocycles. The summed E-state index contributed by atoms with van der Waals surface area (Å²) in [4.78, 5) is 24.5. The molecule has 2 atom stereocenters. The third-order valence-electron chi connectivity index (χ3n) is 4.40. The van der Waals surface area contributed by atoms with E-state index in [1.165, 1.54) is 0 Å². The highest BCUT2D eigenvalue weighted by Crippen LogP contribution is 2.30. The van der Waals surface area contributed by atoms with Gasteiger partial charge in [0.25, 0.3) is 0 Å². The van der Waals surface area contributed by atoms with E-state index in [-0.39, 0.29) is 23.8 Å². The van der Waals surface area contributed by atoms with E-state index in [0.29, 0.717) is 13.0 Å². The first-order valence-corrected chi connectivity index (χ1v) is 8.64. The molecule has 2 rings (SSSR count). The summed E-state index contributed by atoms with van der Waals surface area (Å²) < 4.78 is 5.32. The zero-order valence-electron chi connectivity index (χ0n) is 15.3. The molecule has 1 aliphatic rings. The minimum absolute atomic E-state index is 0.178. The second-order valence-corrected chi connectivity index (χ2v) is 7.25. The van der Waals surface area contributed by atoms with E-state index >= 15 is 0 Å². The van der Waals surface area contributed by atoms with Crippen molar-refractivity contribution in [3.05, 3.63) is 47.0 Å². The third-order valence-corrected chi connectivity index (χ3v) is 4.40. The van der Waals surface area contributed by atoms with E-state index in [9.17, 15) is 14.7 Å². The van der Waals surface area contributed by atoms with Crippen LogP contribution in [0, 0.1) is 0 Å². The maximum absolute atomic E-state index is 12.4. The SMILES string of the molecule is CC1=C(C(=O)CCNC(C)C(O)c2ccccc2)C(=O)OC(C)(C)C1. The lowest BCUT2D eigenvalue weighted by Crippen LogP contribution is -2.37. The fraction of sp³-hybridized carbons (Fsp3) is 0.500. The van der Waals surface area contributed by atoms with Crippen molar-refractivity contribution in [1.82, 2.24) is 5.32 Å². The van der Waals surface area contributed by atoms with Crippen LogP contribution in [-0.2, 0) is 14.3 Å². The smallest absolute Gasteiger partial charge is 0.342 e. The van der Waals surface area contributed by atoms with E-state index in [1.54, 1.807) is 0 Å². The summed E-state index contributed by atoms with van der Waals surface area (Å²) in [5.41, 5.74) is 1.23. The number of ether oxygens (including phenoxy) is 1. The van der Waals surface area contributed by atoms with Crippen LogP contribution in [-0.4, -0.2) is 35.0 Å². The largest absolute Gasteiger partial charge is 0.456 e. The summed E-state index contributed by atoms with van der Waals surface area (Å²) in [6.45, 7) is 7.74. The van der Waals surface area contributed by atoms with E-state index in [2.05, 4.69) is 5.32 Å². The van der Waals surface area contributed by atoms with Crippen molar-refractivity contribution in [3.8, 4) is 0 Å². The molecule has 0 amide bonds. The summed E-state index contributed by atoms with van der Waals surface area (Å²) >= 11 is 0. The number of aliphatic hydroxyl groups is 1. The summed E-state index contributed by atoms with van der Waals surface area (Å²) in [6.07, 6.45) is 0.0995. The molecule has 136 valence electrons. The van der Waals surface area contributed by atoms with Gasteiger partial charge in [-0.05, 0) is 33.3 Å². The van der Waals surface area contributed by atoms with Crippen molar-refractivity contribution in [2.24, 2.45) is 0 Å². The number of carbonyl (C=O) groups is 2. The zero-order valence-corrected chi connectivity index (χ0v) is 15.3. The van der Waals surface area contributed by atoms with Crippen LogP contribution >= 0.6 is 0 Å². The lowest BCUT2D eigenvalue weighted by atomic mass is 9.90. The number of hydrogen-bond donors (Lipinski definition) is 2. The molecule has 1 aromatic rings. The number of ketones is 1. The van der Waals surface area contributed by atoms with E-state index in [0.717, 1.165) is 11.1 Å². The van der Waals surface area contributed by atoms with Crippen LogP contribution in [0.2, 0.25) is 0 Å². The molecule has 1 aliphatic heterocycles. The Morgan fingerprint density at radius 1 is 1.32 bits per heavy atom. The molecule has 0 spiro atoms.